The third-order valence-electron chi connectivity index (χ3n) is 5.80. The maximum atomic E-state index is 12.3. The van der Waals surface area contributed by atoms with E-state index < -0.39 is 47.2 Å². The summed E-state index contributed by atoms with van der Waals surface area (Å²) in [7, 11) is 0. The molecule has 0 radical (unpaired) electrons. The van der Waals surface area contributed by atoms with E-state index >= 15 is 0 Å². The van der Waals surface area contributed by atoms with E-state index in [-0.39, 0.29) is 12.0 Å². The zero-order valence-electron chi connectivity index (χ0n) is 15.2. The van der Waals surface area contributed by atoms with Crippen LogP contribution in [-0.4, -0.2) is 45.6 Å². The van der Waals surface area contributed by atoms with Crippen LogP contribution in [0.4, 0.5) is 0 Å². The van der Waals surface area contributed by atoms with Gasteiger partial charge in [0, 0.05) is 17.6 Å². The van der Waals surface area contributed by atoms with Gasteiger partial charge in [-0.05, 0) is 32.4 Å². The zero-order chi connectivity index (χ0) is 19.4. The molecule has 0 aromatic heterocycles. The molecule has 0 amide bonds. The lowest BCUT2D eigenvalue weighted by Crippen LogP contribution is -2.51. The van der Waals surface area contributed by atoms with Crippen LogP contribution >= 0.6 is 0 Å². The Balaban J connectivity index is 2.06. The van der Waals surface area contributed by atoms with Crippen LogP contribution in [0.1, 0.15) is 27.2 Å². The second-order valence-electron chi connectivity index (χ2n) is 7.51. The number of hydrogen-bond acceptors (Lipinski definition) is 6. The molecule has 1 saturated carbocycles. The lowest BCUT2D eigenvalue weighted by molar-refractivity contribution is -0.155. The van der Waals surface area contributed by atoms with Crippen molar-refractivity contribution in [3.05, 3.63) is 48.1 Å². The number of allylic oxidation sites excluding steroid dienone is 1. The summed E-state index contributed by atoms with van der Waals surface area (Å²) < 4.78 is 11.1. The largest absolute Gasteiger partial charge is 0.458 e. The van der Waals surface area contributed by atoms with E-state index in [1.165, 1.54) is 12.2 Å². The van der Waals surface area contributed by atoms with Gasteiger partial charge in [-0.25, -0.2) is 9.59 Å². The van der Waals surface area contributed by atoms with E-state index in [4.69, 9.17) is 9.47 Å². The van der Waals surface area contributed by atoms with Crippen LogP contribution < -0.4 is 0 Å². The highest BCUT2D eigenvalue weighted by atomic mass is 16.6. The van der Waals surface area contributed by atoms with Gasteiger partial charge in [0.05, 0.1) is 17.4 Å². The van der Waals surface area contributed by atoms with Crippen molar-refractivity contribution < 1.29 is 29.3 Å². The first-order valence-electron chi connectivity index (χ1n) is 8.60. The summed E-state index contributed by atoms with van der Waals surface area (Å²) >= 11 is 0. The highest BCUT2D eigenvalue weighted by Crippen LogP contribution is 2.53. The summed E-state index contributed by atoms with van der Waals surface area (Å²) in [5.74, 6) is -2.65. The van der Waals surface area contributed by atoms with Gasteiger partial charge in [-0.2, -0.15) is 0 Å². The molecule has 0 aromatic rings. The first kappa shape index (κ1) is 18.6. The quantitative estimate of drug-likeness (QED) is 0.441. The Morgan fingerprint density at radius 2 is 2.04 bits per heavy atom. The van der Waals surface area contributed by atoms with Crippen LogP contribution in [0.2, 0.25) is 0 Å². The van der Waals surface area contributed by atoms with E-state index in [9.17, 15) is 19.8 Å². The molecular weight excluding hydrogens is 336 g/mol. The Kier molecular flexibility index (Phi) is 4.24. The maximum absolute atomic E-state index is 12.3. The molecule has 0 unspecified atom stereocenters. The molecule has 2 fully saturated rings. The minimum absolute atomic E-state index is 0.132. The second kappa shape index (κ2) is 5.93. The molecule has 2 N–H and O–H groups in total. The summed E-state index contributed by atoms with van der Waals surface area (Å²) in [4.78, 5) is 24.5. The van der Waals surface area contributed by atoms with Crippen LogP contribution in [0.15, 0.2) is 48.1 Å². The van der Waals surface area contributed by atoms with Crippen molar-refractivity contribution in [1.29, 1.82) is 0 Å². The molecular formula is C20H24O6. The Morgan fingerprint density at radius 1 is 1.38 bits per heavy atom. The van der Waals surface area contributed by atoms with Crippen LogP contribution in [0.3, 0.4) is 0 Å². The van der Waals surface area contributed by atoms with Gasteiger partial charge >= 0.3 is 11.9 Å². The number of hydrogen-bond donors (Lipinski definition) is 2. The van der Waals surface area contributed by atoms with Gasteiger partial charge in [0.2, 0.25) is 0 Å². The van der Waals surface area contributed by atoms with Crippen molar-refractivity contribution in [3.63, 3.8) is 0 Å². The van der Waals surface area contributed by atoms with E-state index in [0.717, 1.165) is 0 Å². The topological polar surface area (TPSA) is 93.1 Å². The smallest absolute Gasteiger partial charge is 0.334 e. The summed E-state index contributed by atoms with van der Waals surface area (Å²) in [6, 6.07) is 0. The second-order valence-corrected chi connectivity index (χ2v) is 7.51. The summed E-state index contributed by atoms with van der Waals surface area (Å²) in [5, 5.41) is 22.0. The molecule has 3 rings (SSSR count). The molecule has 26 heavy (non-hydrogen) atoms. The molecule has 2 aliphatic carbocycles. The third-order valence-corrected chi connectivity index (χ3v) is 5.80. The third kappa shape index (κ3) is 2.56. The highest BCUT2D eigenvalue weighted by molar-refractivity contribution is 5.92. The minimum atomic E-state index is -1.56. The molecule has 3 aliphatic rings. The first-order valence-corrected chi connectivity index (χ1v) is 8.60. The number of rotatable bonds is 2. The maximum Gasteiger partial charge on any atom is 0.334 e. The molecule has 0 aromatic carbocycles. The van der Waals surface area contributed by atoms with Crippen LogP contribution in [-0.2, 0) is 19.1 Å². The Hall–Kier alpha value is -2.18. The van der Waals surface area contributed by atoms with E-state index in [1.807, 2.05) is 0 Å². The number of carbonyl (C=O) groups excluding carboxylic acids is 2. The van der Waals surface area contributed by atoms with Gasteiger partial charge in [0.25, 0.3) is 0 Å². The van der Waals surface area contributed by atoms with Gasteiger partial charge < -0.3 is 19.7 Å². The highest BCUT2D eigenvalue weighted by Gasteiger charge is 2.63. The van der Waals surface area contributed by atoms with E-state index in [1.54, 1.807) is 26.8 Å². The predicted molar refractivity (Wildman–Crippen MR) is 93.8 cm³/mol. The molecule has 1 heterocycles. The standard InChI is InChI=1S/C20H24O6/c1-6-10(2)17(21)25-13-9-11(3)20(24)8-7-19(5,23)16(20)15-14(13)12(4)18(22)26-15/h6-8,13-16,23-24H,3-4,9H2,1-2,5H3/b10-6+/t13-,14-,15+,16+,19+,20-/m1/s1. The van der Waals surface area contributed by atoms with Crippen molar-refractivity contribution in [2.75, 3.05) is 0 Å². The summed E-state index contributed by atoms with van der Waals surface area (Å²) in [5.41, 5.74) is -1.98. The van der Waals surface area contributed by atoms with Gasteiger partial charge in [-0.15, -0.1) is 0 Å². The Bertz CT molecular complexity index is 758. The summed E-state index contributed by atoms with van der Waals surface area (Å²) in [6.07, 6.45) is 3.08. The fourth-order valence-corrected chi connectivity index (χ4v) is 4.18. The lowest BCUT2D eigenvalue weighted by Gasteiger charge is -2.39. The average Bonchev–Trinajstić information content (AvgIpc) is 2.95. The molecule has 0 bridgehead atoms. The summed E-state index contributed by atoms with van der Waals surface area (Å²) in [6.45, 7) is 12.7. The molecule has 1 aliphatic heterocycles. The van der Waals surface area contributed by atoms with Crippen LogP contribution in [0, 0.1) is 11.8 Å². The van der Waals surface area contributed by atoms with E-state index in [2.05, 4.69) is 13.2 Å². The van der Waals surface area contributed by atoms with Crippen LogP contribution in [0.25, 0.3) is 0 Å². The number of fused-ring (bicyclic) bond motifs is 3. The van der Waals surface area contributed by atoms with Crippen LogP contribution in [0.5, 0.6) is 0 Å². The zero-order valence-corrected chi connectivity index (χ0v) is 15.2. The SMILES string of the molecule is C=C1C(=O)O[C@H]2[C@H]1[C@H](OC(=O)/C(C)=C/C)CC(=C)[C@]1(O)C=C[C@](C)(O)[C@H]21. The Labute approximate surface area is 152 Å². The fraction of sp³-hybridized carbons (Fsp3) is 0.500. The number of carbonyl (C=O) groups is 2. The molecule has 140 valence electrons. The lowest BCUT2D eigenvalue weighted by atomic mass is 9.73. The van der Waals surface area contributed by atoms with Crippen molar-refractivity contribution in [2.45, 2.75) is 50.6 Å². The molecule has 0 spiro atoms. The first-order chi connectivity index (χ1) is 12.0. The van der Waals surface area contributed by atoms with Gasteiger partial charge in [-0.3, -0.25) is 0 Å². The Morgan fingerprint density at radius 3 is 2.65 bits per heavy atom. The van der Waals surface area contributed by atoms with Crippen molar-refractivity contribution in [3.8, 4) is 0 Å². The van der Waals surface area contributed by atoms with Crippen molar-refractivity contribution >= 4 is 11.9 Å². The van der Waals surface area contributed by atoms with Crippen molar-refractivity contribution in [2.24, 2.45) is 11.8 Å². The molecule has 6 nitrogen and oxygen atoms in total. The van der Waals surface area contributed by atoms with Crippen molar-refractivity contribution in [1.82, 2.24) is 0 Å². The predicted octanol–water partition coefficient (Wildman–Crippen LogP) is 1.59. The van der Waals surface area contributed by atoms with Gasteiger partial charge in [0.1, 0.15) is 17.8 Å². The van der Waals surface area contributed by atoms with E-state index in [0.29, 0.717) is 11.1 Å². The van der Waals surface area contributed by atoms with Gasteiger partial charge in [-0.1, -0.05) is 25.3 Å². The minimum Gasteiger partial charge on any atom is -0.458 e. The monoisotopic (exact) mass is 360 g/mol. The van der Waals surface area contributed by atoms with Gasteiger partial charge in [0.15, 0.2) is 0 Å². The number of ether oxygens (including phenoxy) is 2. The number of esters is 2. The molecule has 1 saturated heterocycles. The average molecular weight is 360 g/mol. The molecule has 6 atom stereocenters. The fourth-order valence-electron chi connectivity index (χ4n) is 4.18. The molecule has 6 heteroatoms. The normalized spacial score (nSPS) is 42.2. The number of aliphatic hydroxyl groups is 2.